The maximum atomic E-state index is 9.10. The lowest BCUT2D eigenvalue weighted by atomic mass is 10.2. The lowest BCUT2D eigenvalue weighted by Crippen LogP contribution is -2.04. The van der Waals surface area contributed by atoms with Crippen LogP contribution in [0.2, 0.25) is 0 Å². The molecular weight excluding hydrogens is 296 g/mol. The summed E-state index contributed by atoms with van der Waals surface area (Å²) in [6, 6.07) is 10.1. The van der Waals surface area contributed by atoms with Gasteiger partial charge in [0.15, 0.2) is 11.4 Å². The molecule has 0 saturated carbocycles. The van der Waals surface area contributed by atoms with Crippen LogP contribution in [0.25, 0.3) is 5.69 Å². The molecule has 0 spiro atoms. The van der Waals surface area contributed by atoms with Crippen molar-refractivity contribution in [2.75, 3.05) is 12.4 Å². The van der Waals surface area contributed by atoms with Gasteiger partial charge in [-0.1, -0.05) is 0 Å². The van der Waals surface area contributed by atoms with Crippen LogP contribution < -0.4 is 10.1 Å². The normalized spacial score (nSPS) is 9.17. The third-order valence-corrected chi connectivity index (χ3v) is 2.85. The Morgan fingerprint density at radius 2 is 1.91 bits per heavy atom. The number of methoxy groups -OCH3 is 1. The molecule has 0 fully saturated rings. The number of hydrogen-bond acceptors (Lipinski definition) is 8. The number of aromatic nitrogens is 4. The van der Waals surface area contributed by atoms with Gasteiger partial charge in [0.05, 0.1) is 12.8 Å². The Hall–Kier alpha value is -3.90. The van der Waals surface area contributed by atoms with Crippen LogP contribution in [-0.4, -0.2) is 27.3 Å². The number of nitrogens with one attached hydrogen (secondary N) is 1. The van der Waals surface area contributed by atoms with Gasteiger partial charge in [0, 0.05) is 17.8 Å². The number of nitrogens with zero attached hydrogens (tertiary/aromatic N) is 7. The molecule has 1 aromatic heterocycles. The molecule has 0 unspecified atom stereocenters. The largest absolute Gasteiger partial charge is 0.497 e. The van der Waals surface area contributed by atoms with E-state index in [1.165, 1.54) is 11.8 Å². The van der Waals surface area contributed by atoms with Crippen LogP contribution in [0.5, 0.6) is 5.75 Å². The molecule has 9 heteroatoms. The fourth-order valence-corrected chi connectivity index (χ4v) is 1.79. The van der Waals surface area contributed by atoms with Gasteiger partial charge in [0.1, 0.15) is 29.7 Å². The highest BCUT2D eigenvalue weighted by Gasteiger charge is 2.11. The van der Waals surface area contributed by atoms with Crippen molar-refractivity contribution in [3.63, 3.8) is 0 Å². The number of benzene rings is 1. The lowest BCUT2D eigenvalue weighted by molar-refractivity contribution is 0.414. The van der Waals surface area contributed by atoms with Gasteiger partial charge in [-0.15, -0.1) is 5.10 Å². The second-order valence-electron chi connectivity index (χ2n) is 4.27. The minimum absolute atomic E-state index is 0.150. The number of hydrogen-bond donors (Lipinski definition) is 1. The van der Waals surface area contributed by atoms with Crippen molar-refractivity contribution in [2.45, 2.75) is 6.92 Å². The molecule has 0 bridgehead atoms. The third-order valence-electron chi connectivity index (χ3n) is 2.85. The zero-order valence-electron chi connectivity index (χ0n) is 12.3. The zero-order valence-corrected chi connectivity index (χ0v) is 12.3. The average molecular weight is 306 g/mol. The van der Waals surface area contributed by atoms with Crippen LogP contribution >= 0.6 is 0 Å². The van der Waals surface area contributed by atoms with Gasteiger partial charge in [0.25, 0.3) is 0 Å². The van der Waals surface area contributed by atoms with E-state index in [9.17, 15) is 0 Å². The van der Waals surface area contributed by atoms with Crippen LogP contribution in [0.15, 0.2) is 29.5 Å². The summed E-state index contributed by atoms with van der Waals surface area (Å²) >= 11 is 0. The molecule has 0 aliphatic carbocycles. The predicted octanol–water partition coefficient (Wildman–Crippen LogP) is 1.22. The molecule has 9 nitrogen and oxygen atoms in total. The number of allylic oxidation sites excluding steroid dienone is 2. The predicted molar refractivity (Wildman–Crippen MR) is 77.9 cm³/mol. The molecule has 1 heterocycles. The maximum absolute atomic E-state index is 9.10. The average Bonchev–Trinajstić information content (AvgIpc) is 3.00. The Labute approximate surface area is 131 Å². The van der Waals surface area contributed by atoms with Crippen molar-refractivity contribution in [3.8, 4) is 29.6 Å². The smallest absolute Gasteiger partial charge is 0.163 e. The first-order valence-electron chi connectivity index (χ1n) is 6.29. The maximum Gasteiger partial charge on any atom is 0.163 e. The minimum Gasteiger partial charge on any atom is -0.497 e. The first-order chi connectivity index (χ1) is 11.1. The molecule has 23 heavy (non-hydrogen) atoms. The van der Waals surface area contributed by atoms with Crippen molar-refractivity contribution < 1.29 is 4.74 Å². The molecular formula is C14H10N8O. The fraction of sp³-hybridized carbons (Fsp3) is 0.143. The first-order valence-corrected chi connectivity index (χ1v) is 6.29. The monoisotopic (exact) mass is 306 g/mol. The van der Waals surface area contributed by atoms with E-state index in [4.69, 9.17) is 20.5 Å². The molecule has 2 rings (SSSR count). The standard InChI is InChI=1S/C14H10N8O/c1-9-19-20-21-22(9)12-3-11(4-13(5-12)23-2)18-14(8-17)10(6-15)7-16/h3-5,18H,1-2H3. The molecule has 0 aliphatic rings. The molecule has 0 atom stereocenters. The Bertz CT molecular complexity index is 875. The van der Waals surface area contributed by atoms with Gasteiger partial charge in [-0.25, -0.2) is 0 Å². The number of nitriles is 3. The summed E-state index contributed by atoms with van der Waals surface area (Å²) in [6.45, 7) is 1.73. The Kier molecular flexibility index (Phi) is 4.51. The summed E-state index contributed by atoms with van der Waals surface area (Å²) in [5.74, 6) is 1.06. The number of rotatable bonds is 4. The minimum atomic E-state index is -0.310. The van der Waals surface area contributed by atoms with E-state index in [2.05, 4.69) is 20.8 Å². The SMILES string of the molecule is COc1cc(NC(C#N)=C(C#N)C#N)cc(-n2nnnc2C)c1. The van der Waals surface area contributed by atoms with Gasteiger partial charge in [0.2, 0.25) is 0 Å². The van der Waals surface area contributed by atoms with Crippen molar-refractivity contribution in [2.24, 2.45) is 0 Å². The fourth-order valence-electron chi connectivity index (χ4n) is 1.79. The third kappa shape index (κ3) is 3.23. The van der Waals surface area contributed by atoms with Gasteiger partial charge in [-0.2, -0.15) is 20.5 Å². The van der Waals surface area contributed by atoms with Crippen molar-refractivity contribution >= 4 is 5.69 Å². The highest BCUT2D eigenvalue weighted by atomic mass is 16.5. The summed E-state index contributed by atoms with van der Waals surface area (Å²) in [4.78, 5) is 0. The van der Waals surface area contributed by atoms with Gasteiger partial charge in [-0.3, -0.25) is 0 Å². The van der Waals surface area contributed by atoms with E-state index in [1.54, 1.807) is 43.3 Å². The topological polar surface area (TPSA) is 136 Å². The molecule has 0 amide bonds. The van der Waals surface area contributed by atoms with Crippen LogP contribution in [0, 0.1) is 40.9 Å². The van der Waals surface area contributed by atoms with E-state index in [-0.39, 0.29) is 11.3 Å². The molecule has 0 radical (unpaired) electrons. The van der Waals surface area contributed by atoms with E-state index >= 15 is 0 Å². The van der Waals surface area contributed by atoms with Crippen molar-refractivity contribution in [1.82, 2.24) is 20.2 Å². The van der Waals surface area contributed by atoms with Crippen LogP contribution in [0.1, 0.15) is 5.82 Å². The lowest BCUT2D eigenvalue weighted by Gasteiger charge is -2.10. The van der Waals surface area contributed by atoms with Crippen molar-refractivity contribution in [3.05, 3.63) is 35.3 Å². The van der Waals surface area contributed by atoms with Gasteiger partial charge in [-0.05, 0) is 23.4 Å². The molecule has 0 aliphatic heterocycles. The van der Waals surface area contributed by atoms with E-state index in [1.807, 2.05) is 0 Å². The van der Waals surface area contributed by atoms with Gasteiger partial charge >= 0.3 is 0 Å². The Morgan fingerprint density at radius 3 is 2.43 bits per heavy atom. The second-order valence-corrected chi connectivity index (χ2v) is 4.27. The number of ether oxygens (including phenoxy) is 1. The number of tetrazole rings is 1. The molecule has 112 valence electrons. The molecule has 2 aromatic rings. The molecule has 1 aromatic carbocycles. The first kappa shape index (κ1) is 15.5. The summed E-state index contributed by atoms with van der Waals surface area (Å²) in [5.41, 5.74) is 0.592. The van der Waals surface area contributed by atoms with Crippen LogP contribution in [-0.2, 0) is 0 Å². The van der Waals surface area contributed by atoms with Crippen LogP contribution in [0.3, 0.4) is 0 Å². The Morgan fingerprint density at radius 1 is 1.17 bits per heavy atom. The molecule has 0 saturated heterocycles. The van der Waals surface area contributed by atoms with E-state index in [0.29, 0.717) is 22.9 Å². The van der Waals surface area contributed by atoms with Crippen LogP contribution in [0.4, 0.5) is 5.69 Å². The van der Waals surface area contributed by atoms with Crippen molar-refractivity contribution in [1.29, 1.82) is 15.8 Å². The summed E-state index contributed by atoms with van der Waals surface area (Å²) in [7, 11) is 1.49. The zero-order chi connectivity index (χ0) is 16.8. The number of anilines is 1. The second kappa shape index (κ2) is 6.70. The number of aryl methyl sites for hydroxylation is 1. The highest BCUT2D eigenvalue weighted by molar-refractivity contribution is 5.63. The highest BCUT2D eigenvalue weighted by Crippen LogP contribution is 2.24. The van der Waals surface area contributed by atoms with E-state index in [0.717, 1.165) is 0 Å². The summed E-state index contributed by atoms with van der Waals surface area (Å²) in [6.07, 6.45) is 0. The van der Waals surface area contributed by atoms with E-state index < -0.39 is 0 Å². The summed E-state index contributed by atoms with van der Waals surface area (Å²) in [5, 5.41) is 40.8. The van der Waals surface area contributed by atoms with Gasteiger partial charge < -0.3 is 10.1 Å². The summed E-state index contributed by atoms with van der Waals surface area (Å²) < 4.78 is 6.70. The quantitative estimate of drug-likeness (QED) is 0.832. The molecule has 1 N–H and O–H groups in total. The Balaban J connectivity index is 2.51.